The molecule has 1 fully saturated rings. The minimum atomic E-state index is -0.285. The largest absolute Gasteiger partial charge is 0.444 e. The first-order valence-corrected chi connectivity index (χ1v) is 7.16. The highest BCUT2D eigenvalue weighted by Crippen LogP contribution is 2.22. The average molecular weight is 288 g/mol. The SMILES string of the molecule is O=CC1CCCCN1Cc1coc(-c2ccc(F)cc2)n1. The van der Waals surface area contributed by atoms with Gasteiger partial charge >= 0.3 is 0 Å². The second-order valence-electron chi connectivity index (χ2n) is 5.32. The highest BCUT2D eigenvalue weighted by atomic mass is 19.1. The Morgan fingerprint density at radius 1 is 1.33 bits per heavy atom. The Morgan fingerprint density at radius 2 is 2.14 bits per heavy atom. The first kappa shape index (κ1) is 13.9. The summed E-state index contributed by atoms with van der Waals surface area (Å²) < 4.78 is 18.4. The topological polar surface area (TPSA) is 46.3 Å². The van der Waals surface area contributed by atoms with Crippen LogP contribution in [0.5, 0.6) is 0 Å². The molecular weight excluding hydrogens is 271 g/mol. The minimum Gasteiger partial charge on any atom is -0.444 e. The molecule has 0 spiro atoms. The predicted octanol–water partition coefficient (Wildman–Crippen LogP) is 3.03. The maximum atomic E-state index is 12.9. The highest BCUT2D eigenvalue weighted by molar-refractivity contribution is 5.57. The van der Waals surface area contributed by atoms with Crippen LogP contribution in [-0.4, -0.2) is 28.8 Å². The fraction of sp³-hybridized carbons (Fsp3) is 0.375. The predicted molar refractivity (Wildman–Crippen MR) is 76.0 cm³/mol. The lowest BCUT2D eigenvalue weighted by Gasteiger charge is -2.31. The fourth-order valence-corrected chi connectivity index (χ4v) is 2.68. The summed E-state index contributed by atoms with van der Waals surface area (Å²) in [6.07, 6.45) is 5.73. The molecule has 1 unspecified atom stereocenters. The number of carbonyl (C=O) groups excluding carboxylic acids is 1. The Balaban J connectivity index is 1.72. The van der Waals surface area contributed by atoms with E-state index in [2.05, 4.69) is 9.88 Å². The molecule has 5 heteroatoms. The van der Waals surface area contributed by atoms with Gasteiger partial charge in [-0.25, -0.2) is 9.37 Å². The van der Waals surface area contributed by atoms with Gasteiger partial charge in [0.15, 0.2) is 0 Å². The van der Waals surface area contributed by atoms with Crippen molar-refractivity contribution in [2.75, 3.05) is 6.54 Å². The molecule has 2 heterocycles. The normalized spacial score (nSPS) is 19.6. The molecule has 3 rings (SSSR count). The first-order valence-electron chi connectivity index (χ1n) is 7.16. The van der Waals surface area contributed by atoms with Crippen LogP contribution >= 0.6 is 0 Å². The lowest BCUT2D eigenvalue weighted by Crippen LogP contribution is -2.39. The number of piperidine rings is 1. The van der Waals surface area contributed by atoms with Gasteiger partial charge in [0.05, 0.1) is 11.7 Å². The summed E-state index contributed by atoms with van der Waals surface area (Å²) in [6, 6.07) is 6.02. The van der Waals surface area contributed by atoms with Crippen molar-refractivity contribution < 1.29 is 13.6 Å². The number of rotatable bonds is 4. The molecule has 1 aliphatic heterocycles. The summed E-state index contributed by atoms with van der Waals surface area (Å²) in [7, 11) is 0. The van der Waals surface area contributed by atoms with Gasteiger partial charge in [-0.1, -0.05) is 6.42 Å². The van der Waals surface area contributed by atoms with E-state index in [0.29, 0.717) is 12.4 Å². The Labute approximate surface area is 122 Å². The van der Waals surface area contributed by atoms with Crippen LogP contribution in [-0.2, 0) is 11.3 Å². The van der Waals surface area contributed by atoms with Crippen molar-refractivity contribution in [3.05, 3.63) is 42.0 Å². The quantitative estimate of drug-likeness (QED) is 0.811. The van der Waals surface area contributed by atoms with E-state index in [1.807, 2.05) is 0 Å². The standard InChI is InChI=1S/C16H17FN2O2/c17-13-6-4-12(5-7-13)16-18-14(11-21-16)9-19-8-2-1-3-15(19)10-20/h4-7,10-11,15H,1-3,8-9H2. The smallest absolute Gasteiger partial charge is 0.226 e. The summed E-state index contributed by atoms with van der Waals surface area (Å²) in [5.41, 5.74) is 1.54. The second kappa shape index (κ2) is 6.18. The zero-order valence-electron chi connectivity index (χ0n) is 11.7. The molecule has 0 saturated carbocycles. The lowest BCUT2D eigenvalue weighted by molar-refractivity contribution is -0.113. The summed E-state index contributed by atoms with van der Waals surface area (Å²) in [5.74, 6) is 0.192. The maximum absolute atomic E-state index is 12.9. The van der Waals surface area contributed by atoms with Crippen molar-refractivity contribution in [3.8, 4) is 11.5 Å². The summed E-state index contributed by atoms with van der Waals surface area (Å²) >= 11 is 0. The van der Waals surface area contributed by atoms with Gasteiger partial charge in [0.25, 0.3) is 0 Å². The molecule has 0 amide bonds. The number of carbonyl (C=O) groups is 1. The van der Waals surface area contributed by atoms with E-state index >= 15 is 0 Å². The van der Waals surface area contributed by atoms with Crippen molar-refractivity contribution in [3.63, 3.8) is 0 Å². The third kappa shape index (κ3) is 3.19. The minimum absolute atomic E-state index is 0.0234. The average Bonchev–Trinajstić information content (AvgIpc) is 2.97. The molecular formula is C16H17FN2O2. The van der Waals surface area contributed by atoms with Crippen molar-refractivity contribution >= 4 is 6.29 Å². The van der Waals surface area contributed by atoms with E-state index in [-0.39, 0.29) is 11.9 Å². The van der Waals surface area contributed by atoms with E-state index < -0.39 is 0 Å². The maximum Gasteiger partial charge on any atom is 0.226 e. The van der Waals surface area contributed by atoms with Crippen molar-refractivity contribution in [1.29, 1.82) is 0 Å². The Bertz CT molecular complexity index is 609. The first-order chi connectivity index (χ1) is 10.3. The number of benzene rings is 1. The second-order valence-corrected chi connectivity index (χ2v) is 5.32. The van der Waals surface area contributed by atoms with Crippen molar-refractivity contribution in [2.45, 2.75) is 31.8 Å². The van der Waals surface area contributed by atoms with E-state index in [4.69, 9.17) is 4.42 Å². The van der Waals surface area contributed by atoms with Gasteiger partial charge in [-0.2, -0.15) is 0 Å². The summed E-state index contributed by atoms with van der Waals surface area (Å²) in [5, 5.41) is 0. The van der Waals surface area contributed by atoms with Gasteiger partial charge in [0.1, 0.15) is 18.4 Å². The molecule has 1 atom stereocenters. The lowest BCUT2D eigenvalue weighted by atomic mass is 10.0. The third-order valence-corrected chi connectivity index (χ3v) is 3.83. The molecule has 1 saturated heterocycles. The van der Waals surface area contributed by atoms with E-state index in [9.17, 15) is 9.18 Å². The van der Waals surface area contributed by atoms with E-state index in [1.165, 1.54) is 12.1 Å². The number of aldehydes is 1. The molecule has 0 N–H and O–H groups in total. The zero-order valence-corrected chi connectivity index (χ0v) is 11.7. The Morgan fingerprint density at radius 3 is 2.90 bits per heavy atom. The van der Waals surface area contributed by atoms with Crippen LogP contribution < -0.4 is 0 Å². The van der Waals surface area contributed by atoms with Crippen LogP contribution in [0.2, 0.25) is 0 Å². The van der Waals surface area contributed by atoms with E-state index in [1.54, 1.807) is 18.4 Å². The molecule has 1 aromatic carbocycles. The van der Waals surface area contributed by atoms with Gasteiger partial charge in [-0.3, -0.25) is 4.90 Å². The third-order valence-electron chi connectivity index (χ3n) is 3.83. The van der Waals surface area contributed by atoms with Gasteiger partial charge in [-0.05, 0) is 43.7 Å². The number of oxazole rings is 1. The van der Waals surface area contributed by atoms with Crippen LogP contribution in [0.25, 0.3) is 11.5 Å². The van der Waals surface area contributed by atoms with Crippen LogP contribution in [0.15, 0.2) is 34.9 Å². The number of hydrogen-bond acceptors (Lipinski definition) is 4. The molecule has 1 aliphatic rings. The molecule has 110 valence electrons. The Kier molecular flexibility index (Phi) is 4.10. The van der Waals surface area contributed by atoms with Gasteiger partial charge in [0, 0.05) is 12.1 Å². The summed E-state index contributed by atoms with van der Waals surface area (Å²) in [6.45, 7) is 1.51. The fourth-order valence-electron chi connectivity index (χ4n) is 2.68. The van der Waals surface area contributed by atoms with Gasteiger partial charge in [0.2, 0.25) is 5.89 Å². The molecule has 0 radical (unpaired) electrons. The molecule has 0 bridgehead atoms. The van der Waals surface area contributed by atoms with Crippen molar-refractivity contribution in [1.82, 2.24) is 9.88 Å². The van der Waals surface area contributed by atoms with Gasteiger partial charge in [-0.15, -0.1) is 0 Å². The number of halogens is 1. The van der Waals surface area contributed by atoms with Crippen LogP contribution in [0.3, 0.4) is 0 Å². The molecule has 2 aromatic rings. The Hall–Kier alpha value is -2.01. The zero-order chi connectivity index (χ0) is 14.7. The monoisotopic (exact) mass is 288 g/mol. The molecule has 21 heavy (non-hydrogen) atoms. The highest BCUT2D eigenvalue weighted by Gasteiger charge is 2.22. The molecule has 1 aromatic heterocycles. The number of hydrogen-bond donors (Lipinski definition) is 0. The summed E-state index contributed by atoms with van der Waals surface area (Å²) in [4.78, 5) is 17.7. The van der Waals surface area contributed by atoms with Crippen LogP contribution in [0, 0.1) is 5.82 Å². The molecule has 0 aliphatic carbocycles. The number of likely N-dealkylation sites (tertiary alicyclic amines) is 1. The number of aromatic nitrogens is 1. The van der Waals surface area contributed by atoms with Crippen molar-refractivity contribution in [2.24, 2.45) is 0 Å². The number of nitrogens with zero attached hydrogens (tertiary/aromatic N) is 2. The molecule has 4 nitrogen and oxygen atoms in total. The van der Waals surface area contributed by atoms with Gasteiger partial charge < -0.3 is 9.21 Å². The van der Waals surface area contributed by atoms with Crippen LogP contribution in [0.1, 0.15) is 25.0 Å². The van der Waals surface area contributed by atoms with E-state index in [0.717, 1.165) is 43.4 Å². The van der Waals surface area contributed by atoms with Crippen LogP contribution in [0.4, 0.5) is 4.39 Å².